The summed E-state index contributed by atoms with van der Waals surface area (Å²) in [6, 6.07) is 2.07. The van der Waals surface area contributed by atoms with Crippen LogP contribution in [0.5, 0.6) is 0 Å². The number of carbonyl (C=O) groups excluding carboxylic acids is 2. The van der Waals surface area contributed by atoms with Gasteiger partial charge in [0, 0.05) is 20.2 Å². The van der Waals surface area contributed by atoms with Gasteiger partial charge in [-0.1, -0.05) is 0 Å². The molecule has 0 spiro atoms. The molecule has 1 aromatic carbocycles. The third kappa shape index (κ3) is 4.33. The maximum Gasteiger partial charge on any atom is 0.355 e. The third-order valence-corrected chi connectivity index (χ3v) is 5.62. The second kappa shape index (κ2) is 8.76. The Morgan fingerprint density at radius 2 is 1.83 bits per heavy atom. The van der Waals surface area contributed by atoms with Gasteiger partial charge in [-0.2, -0.15) is 0 Å². The van der Waals surface area contributed by atoms with E-state index >= 15 is 0 Å². The average molecular weight is 431 g/mol. The molecule has 0 bridgehead atoms. The minimum Gasteiger partial charge on any atom is -0.466 e. The lowest BCUT2D eigenvalue weighted by Gasteiger charge is -2.34. The number of sulfonamides is 1. The first-order valence-electron chi connectivity index (χ1n) is 8.28. The van der Waals surface area contributed by atoms with Crippen LogP contribution in [0.2, 0.25) is 0 Å². The number of methoxy groups -OCH3 is 2. The van der Waals surface area contributed by atoms with Crippen molar-refractivity contribution in [3.8, 4) is 0 Å². The maximum atomic E-state index is 14.5. The van der Waals surface area contributed by atoms with E-state index in [0.29, 0.717) is 0 Å². The van der Waals surface area contributed by atoms with E-state index in [2.05, 4.69) is 0 Å². The number of benzene rings is 1. The molecule has 0 saturated heterocycles. The van der Waals surface area contributed by atoms with Crippen molar-refractivity contribution in [2.24, 2.45) is 0 Å². The first-order chi connectivity index (χ1) is 13.6. The van der Waals surface area contributed by atoms with Crippen molar-refractivity contribution in [1.29, 1.82) is 0 Å². The Bertz CT molecular complexity index is 960. The number of ether oxygens (including phenoxy) is 3. The van der Waals surface area contributed by atoms with Gasteiger partial charge in [0.05, 0.1) is 37.8 Å². The molecule has 0 unspecified atom stereocenters. The first kappa shape index (κ1) is 22.6. The minimum absolute atomic E-state index is 0.113. The molecule has 0 aromatic heterocycles. The van der Waals surface area contributed by atoms with Crippen molar-refractivity contribution >= 4 is 33.3 Å². The van der Waals surface area contributed by atoms with Crippen molar-refractivity contribution in [1.82, 2.24) is 4.72 Å². The van der Waals surface area contributed by atoms with Crippen LogP contribution < -0.4 is 14.5 Å². The molecule has 0 radical (unpaired) electrons. The molecular weight excluding hydrogens is 409 g/mol. The van der Waals surface area contributed by atoms with Gasteiger partial charge in [0.2, 0.25) is 10.0 Å². The second-order valence-corrected chi connectivity index (χ2v) is 7.94. The molecule has 0 atom stereocenters. The van der Waals surface area contributed by atoms with E-state index in [4.69, 9.17) is 14.2 Å². The Balaban J connectivity index is 2.83. The van der Waals surface area contributed by atoms with Crippen LogP contribution in [0, 0.1) is 5.82 Å². The molecule has 1 aliphatic heterocycles. The van der Waals surface area contributed by atoms with Crippen LogP contribution in [-0.2, 0) is 33.8 Å². The molecule has 0 fully saturated rings. The number of nitrogens with zero attached hydrogens (tertiary/aromatic N) is 2. The Morgan fingerprint density at radius 3 is 2.34 bits per heavy atom. The Morgan fingerprint density at radius 1 is 1.21 bits per heavy atom. The van der Waals surface area contributed by atoms with Crippen LogP contribution in [0.3, 0.4) is 0 Å². The molecule has 0 aliphatic carbocycles. The molecule has 1 N–H and O–H groups in total. The van der Waals surface area contributed by atoms with Crippen LogP contribution in [0.4, 0.5) is 15.8 Å². The number of anilines is 2. The van der Waals surface area contributed by atoms with Crippen molar-refractivity contribution in [3.63, 3.8) is 0 Å². The molecule has 0 saturated carbocycles. The Labute approximate surface area is 167 Å². The zero-order chi connectivity index (χ0) is 21.9. The zero-order valence-electron chi connectivity index (χ0n) is 16.6. The summed E-state index contributed by atoms with van der Waals surface area (Å²) in [5, 5.41) is 0. The minimum atomic E-state index is -4.15. The Kier molecular flexibility index (Phi) is 6.82. The summed E-state index contributed by atoms with van der Waals surface area (Å²) in [5.74, 6) is -2.66. The van der Waals surface area contributed by atoms with Gasteiger partial charge in [-0.25, -0.2) is 27.1 Å². The quantitative estimate of drug-likeness (QED) is 0.631. The summed E-state index contributed by atoms with van der Waals surface area (Å²) in [6.07, 6.45) is 0. The standard InChI is InChI=1S/C17H22FN3O7S/c1-19-29(24,25)14-7-13(12(20(2)3)6-11(14)18)21-9-28-8-10(16(22)26-4)15(21)17(23)27-5/h6-7,19H,8-9H2,1-5H3. The monoisotopic (exact) mass is 431 g/mol. The van der Waals surface area contributed by atoms with E-state index in [1.54, 1.807) is 14.1 Å². The van der Waals surface area contributed by atoms with Gasteiger partial charge in [-0.05, 0) is 13.1 Å². The molecule has 1 heterocycles. The average Bonchev–Trinajstić information content (AvgIpc) is 2.71. The summed E-state index contributed by atoms with van der Waals surface area (Å²) >= 11 is 0. The topological polar surface area (TPSA) is 114 Å². The van der Waals surface area contributed by atoms with Crippen LogP contribution in [0.1, 0.15) is 0 Å². The van der Waals surface area contributed by atoms with Crippen molar-refractivity contribution < 1.29 is 36.6 Å². The van der Waals surface area contributed by atoms with Gasteiger partial charge in [0.25, 0.3) is 0 Å². The predicted molar refractivity (Wildman–Crippen MR) is 101 cm³/mol. The summed E-state index contributed by atoms with van der Waals surface area (Å²) in [7, 11) is 2.49. The molecular formula is C17H22FN3O7S. The maximum absolute atomic E-state index is 14.5. The highest BCUT2D eigenvalue weighted by Crippen LogP contribution is 2.37. The number of esters is 2. The fraction of sp³-hybridized carbons (Fsp3) is 0.412. The highest BCUT2D eigenvalue weighted by molar-refractivity contribution is 7.89. The van der Waals surface area contributed by atoms with E-state index in [9.17, 15) is 22.4 Å². The van der Waals surface area contributed by atoms with E-state index in [-0.39, 0.29) is 36.0 Å². The van der Waals surface area contributed by atoms with E-state index < -0.39 is 32.7 Å². The highest BCUT2D eigenvalue weighted by Gasteiger charge is 2.35. The predicted octanol–water partition coefficient (Wildman–Crippen LogP) is 0.194. The smallest absolute Gasteiger partial charge is 0.355 e. The number of halogens is 1. The SMILES string of the molecule is CNS(=O)(=O)c1cc(N2COCC(C(=O)OC)=C2C(=O)OC)c(N(C)C)cc1F. The summed E-state index contributed by atoms with van der Waals surface area (Å²) in [6.45, 7) is -0.426. The van der Waals surface area contributed by atoms with E-state index in [1.165, 1.54) is 9.80 Å². The van der Waals surface area contributed by atoms with Gasteiger partial charge >= 0.3 is 11.9 Å². The van der Waals surface area contributed by atoms with Crippen LogP contribution in [-0.4, -0.2) is 69.1 Å². The second-order valence-electron chi connectivity index (χ2n) is 6.09. The summed E-state index contributed by atoms with van der Waals surface area (Å²) in [5.41, 5.74) is 0.0613. The Hall–Kier alpha value is -2.70. The first-order valence-corrected chi connectivity index (χ1v) is 9.76. The lowest BCUT2D eigenvalue weighted by molar-refractivity contribution is -0.140. The molecule has 10 nitrogen and oxygen atoms in total. The van der Waals surface area contributed by atoms with Crippen molar-refractivity contribution in [3.05, 3.63) is 29.2 Å². The van der Waals surface area contributed by atoms with Crippen molar-refractivity contribution in [2.45, 2.75) is 4.90 Å². The molecule has 2 rings (SSSR count). The lowest BCUT2D eigenvalue weighted by atomic mass is 10.1. The van der Waals surface area contributed by atoms with Gasteiger partial charge in [0.1, 0.15) is 23.1 Å². The molecule has 1 aliphatic rings. The summed E-state index contributed by atoms with van der Waals surface area (Å²) in [4.78, 5) is 26.7. The fourth-order valence-corrected chi connectivity index (χ4v) is 3.56. The third-order valence-electron chi connectivity index (χ3n) is 4.19. The molecule has 1 aromatic rings. The fourth-order valence-electron chi connectivity index (χ4n) is 2.76. The number of carbonyl (C=O) groups is 2. The molecule has 160 valence electrons. The highest BCUT2D eigenvalue weighted by atomic mass is 32.2. The van der Waals surface area contributed by atoms with E-state index in [1.807, 2.05) is 4.72 Å². The number of nitrogens with one attached hydrogen (secondary N) is 1. The lowest BCUT2D eigenvalue weighted by Crippen LogP contribution is -2.39. The normalized spacial score (nSPS) is 14.6. The van der Waals surface area contributed by atoms with Crippen LogP contribution in [0.15, 0.2) is 28.3 Å². The molecule has 0 amide bonds. The molecule has 29 heavy (non-hydrogen) atoms. The van der Waals surface area contributed by atoms with Gasteiger partial charge < -0.3 is 24.0 Å². The van der Waals surface area contributed by atoms with Gasteiger partial charge in [-0.3, -0.25) is 0 Å². The number of hydrogen-bond donors (Lipinski definition) is 1. The molecule has 12 heteroatoms. The van der Waals surface area contributed by atoms with Gasteiger partial charge in [0.15, 0.2) is 0 Å². The number of hydrogen-bond acceptors (Lipinski definition) is 9. The summed E-state index contributed by atoms with van der Waals surface area (Å²) < 4.78 is 56.0. The number of rotatable bonds is 6. The van der Waals surface area contributed by atoms with Crippen molar-refractivity contribution in [2.75, 3.05) is 58.5 Å². The van der Waals surface area contributed by atoms with Gasteiger partial charge in [-0.15, -0.1) is 0 Å². The van der Waals surface area contributed by atoms with Crippen LogP contribution in [0.25, 0.3) is 0 Å². The van der Waals surface area contributed by atoms with E-state index in [0.717, 1.165) is 33.4 Å². The zero-order valence-corrected chi connectivity index (χ0v) is 17.4. The largest absolute Gasteiger partial charge is 0.466 e. The van der Waals surface area contributed by atoms with Crippen LogP contribution >= 0.6 is 0 Å².